The van der Waals surface area contributed by atoms with E-state index in [1.54, 1.807) is 9.58 Å². The van der Waals surface area contributed by atoms with Crippen molar-refractivity contribution < 1.29 is 14.3 Å². The number of nitrogens with zero attached hydrogens (tertiary/aromatic N) is 5. The van der Waals surface area contributed by atoms with E-state index in [9.17, 15) is 9.59 Å². The molecule has 198 valence electrons. The van der Waals surface area contributed by atoms with Gasteiger partial charge in [-0.15, -0.1) is 5.10 Å². The van der Waals surface area contributed by atoms with E-state index < -0.39 is 6.04 Å². The van der Waals surface area contributed by atoms with Gasteiger partial charge in [0.25, 0.3) is 0 Å². The van der Waals surface area contributed by atoms with Crippen LogP contribution in [0.5, 0.6) is 0 Å². The van der Waals surface area contributed by atoms with Crippen LogP contribution in [-0.4, -0.2) is 62.1 Å². The summed E-state index contributed by atoms with van der Waals surface area (Å²) in [4.78, 5) is 29.5. The van der Waals surface area contributed by atoms with Crippen molar-refractivity contribution in [2.75, 3.05) is 19.7 Å². The monoisotopic (exact) mass is 514 g/mol. The zero-order chi connectivity index (χ0) is 26.5. The second-order valence-electron chi connectivity index (χ2n) is 9.83. The van der Waals surface area contributed by atoms with Crippen molar-refractivity contribution in [3.05, 3.63) is 83.7 Å². The lowest BCUT2D eigenvalue weighted by Gasteiger charge is -2.32. The van der Waals surface area contributed by atoms with Crippen LogP contribution in [0.15, 0.2) is 66.9 Å². The molecule has 3 heterocycles. The largest absolute Gasteiger partial charge is 0.376 e. The molecular weight excluding hydrogens is 480 g/mol. The highest BCUT2D eigenvalue weighted by atomic mass is 16.5. The van der Waals surface area contributed by atoms with Gasteiger partial charge in [0.05, 0.1) is 11.6 Å². The molecule has 1 N–H and O–H groups in total. The molecule has 0 unspecified atom stereocenters. The van der Waals surface area contributed by atoms with Gasteiger partial charge >= 0.3 is 0 Å². The summed E-state index contributed by atoms with van der Waals surface area (Å²) < 4.78 is 9.22. The Hall–Kier alpha value is -3.98. The number of aryl methyl sites for hydroxylation is 2. The first-order valence-electron chi connectivity index (χ1n) is 13.1. The molecule has 2 aromatic carbocycles. The maximum absolute atomic E-state index is 14.0. The second kappa shape index (κ2) is 11.6. The number of carbonyl (C=O) groups excluding carboxylic acids is 2. The number of aromatic nitrogens is 4. The Morgan fingerprint density at radius 2 is 1.95 bits per heavy atom. The molecule has 2 atom stereocenters. The number of amides is 2. The lowest BCUT2D eigenvalue weighted by atomic mass is 10.0. The van der Waals surface area contributed by atoms with Crippen LogP contribution < -0.4 is 5.32 Å². The van der Waals surface area contributed by atoms with Crippen LogP contribution in [0.4, 0.5) is 0 Å². The molecule has 38 heavy (non-hydrogen) atoms. The fraction of sp³-hybridized carbons (Fsp3) is 0.379. The van der Waals surface area contributed by atoms with E-state index >= 15 is 0 Å². The molecule has 0 bridgehead atoms. The number of carbonyl (C=O) groups is 2. The quantitative estimate of drug-likeness (QED) is 0.351. The smallest absolute Gasteiger partial charge is 0.249 e. The highest BCUT2D eigenvalue weighted by molar-refractivity contribution is 5.89. The summed E-state index contributed by atoms with van der Waals surface area (Å²) in [5, 5.41) is 11.5. The predicted octanol–water partition coefficient (Wildman–Crippen LogP) is 3.19. The number of fused-ring (bicyclic) bond motifs is 1. The van der Waals surface area contributed by atoms with Crippen LogP contribution >= 0.6 is 0 Å². The van der Waals surface area contributed by atoms with Crippen molar-refractivity contribution >= 4 is 22.8 Å². The van der Waals surface area contributed by atoms with Gasteiger partial charge in [-0.25, -0.2) is 4.68 Å². The van der Waals surface area contributed by atoms with Crippen molar-refractivity contribution in [1.29, 1.82) is 0 Å². The molecule has 1 fully saturated rings. The van der Waals surface area contributed by atoms with Gasteiger partial charge in [0.1, 0.15) is 12.1 Å². The Kier molecular flexibility index (Phi) is 7.83. The van der Waals surface area contributed by atoms with Crippen LogP contribution in [0.1, 0.15) is 35.7 Å². The molecule has 0 radical (unpaired) electrons. The molecule has 1 aliphatic heterocycles. The third-order valence-corrected chi connectivity index (χ3v) is 7.26. The molecular formula is C29H34N6O3. The first kappa shape index (κ1) is 25.7. The number of ether oxygens (including phenoxy) is 1. The van der Waals surface area contributed by atoms with Gasteiger partial charge in [0, 0.05) is 38.6 Å². The van der Waals surface area contributed by atoms with E-state index in [1.165, 1.54) is 0 Å². The van der Waals surface area contributed by atoms with Crippen LogP contribution in [0.2, 0.25) is 0 Å². The van der Waals surface area contributed by atoms with Gasteiger partial charge in [0.15, 0.2) is 6.04 Å². The Balaban J connectivity index is 1.46. The van der Waals surface area contributed by atoms with E-state index in [-0.39, 0.29) is 24.5 Å². The molecule has 9 heteroatoms. The van der Waals surface area contributed by atoms with Gasteiger partial charge in [0.2, 0.25) is 11.8 Å². The highest BCUT2D eigenvalue weighted by Gasteiger charge is 2.34. The average Bonchev–Trinajstić information content (AvgIpc) is 3.68. The summed E-state index contributed by atoms with van der Waals surface area (Å²) in [7, 11) is 1.89. The lowest BCUT2D eigenvalue weighted by molar-refractivity contribution is -0.141. The fourth-order valence-electron chi connectivity index (χ4n) is 5.09. The van der Waals surface area contributed by atoms with Crippen molar-refractivity contribution in [2.24, 2.45) is 7.05 Å². The minimum Gasteiger partial charge on any atom is -0.376 e. The van der Waals surface area contributed by atoms with Crippen LogP contribution in [0.25, 0.3) is 11.0 Å². The van der Waals surface area contributed by atoms with Gasteiger partial charge in [-0.3, -0.25) is 9.59 Å². The number of hydrogen-bond donors (Lipinski definition) is 1. The van der Waals surface area contributed by atoms with E-state index in [1.807, 2.05) is 66.3 Å². The average molecular weight is 515 g/mol. The fourth-order valence-corrected chi connectivity index (χ4v) is 5.09. The zero-order valence-electron chi connectivity index (χ0n) is 21.9. The number of nitrogens with one attached hydrogen (secondary N) is 1. The Morgan fingerprint density at radius 1 is 1.13 bits per heavy atom. The molecule has 5 rings (SSSR count). The first-order valence-corrected chi connectivity index (χ1v) is 13.1. The van der Waals surface area contributed by atoms with E-state index in [0.717, 1.165) is 40.7 Å². The normalized spacial score (nSPS) is 16.0. The summed E-state index contributed by atoms with van der Waals surface area (Å²) >= 11 is 0. The predicted molar refractivity (Wildman–Crippen MR) is 144 cm³/mol. The summed E-state index contributed by atoms with van der Waals surface area (Å²) in [5.74, 6) is -0.420. The van der Waals surface area contributed by atoms with E-state index in [4.69, 9.17) is 4.74 Å². The van der Waals surface area contributed by atoms with E-state index in [0.29, 0.717) is 26.1 Å². The van der Waals surface area contributed by atoms with Crippen molar-refractivity contribution in [3.63, 3.8) is 0 Å². The summed E-state index contributed by atoms with van der Waals surface area (Å²) in [6.45, 7) is 3.56. The van der Waals surface area contributed by atoms with Crippen LogP contribution in [-0.2, 0) is 34.3 Å². The van der Waals surface area contributed by atoms with Gasteiger partial charge < -0.3 is 19.5 Å². The maximum atomic E-state index is 14.0. The molecule has 0 spiro atoms. The topological polar surface area (TPSA) is 94.3 Å². The summed E-state index contributed by atoms with van der Waals surface area (Å²) in [5.41, 5.74) is 4.54. The number of para-hydroxylation sites is 1. The van der Waals surface area contributed by atoms with Crippen molar-refractivity contribution in [1.82, 2.24) is 29.8 Å². The Morgan fingerprint density at radius 3 is 2.71 bits per heavy atom. The first-order chi connectivity index (χ1) is 18.5. The van der Waals surface area contributed by atoms with Crippen molar-refractivity contribution in [3.8, 4) is 0 Å². The van der Waals surface area contributed by atoms with Crippen LogP contribution in [0.3, 0.4) is 0 Å². The lowest BCUT2D eigenvalue weighted by Crippen LogP contribution is -2.47. The highest BCUT2D eigenvalue weighted by Crippen LogP contribution is 2.24. The maximum Gasteiger partial charge on any atom is 0.249 e. The molecule has 4 aromatic rings. The zero-order valence-corrected chi connectivity index (χ0v) is 21.9. The van der Waals surface area contributed by atoms with Crippen molar-refractivity contribution in [2.45, 2.75) is 44.9 Å². The molecule has 0 saturated carbocycles. The minimum atomic E-state index is -0.803. The molecule has 2 amide bonds. The van der Waals surface area contributed by atoms with Gasteiger partial charge in [-0.05, 0) is 61.6 Å². The van der Waals surface area contributed by atoms with Gasteiger partial charge in [-0.1, -0.05) is 41.6 Å². The molecule has 9 nitrogen and oxygen atoms in total. The molecule has 0 aliphatic carbocycles. The third kappa shape index (κ3) is 5.62. The third-order valence-electron chi connectivity index (χ3n) is 7.26. The molecule has 1 saturated heterocycles. The Labute approximate surface area is 222 Å². The number of rotatable bonds is 10. The number of hydrogen-bond acceptors (Lipinski definition) is 5. The summed E-state index contributed by atoms with van der Waals surface area (Å²) in [6, 6.07) is 18.7. The summed E-state index contributed by atoms with van der Waals surface area (Å²) in [6.07, 6.45) is 4.44. The molecule has 2 aromatic heterocycles. The van der Waals surface area contributed by atoms with Crippen LogP contribution in [0, 0.1) is 6.92 Å². The minimum absolute atomic E-state index is 0.00523. The van der Waals surface area contributed by atoms with Gasteiger partial charge in [-0.2, -0.15) is 0 Å². The number of benzene rings is 2. The molecule has 1 aliphatic rings. The van der Waals surface area contributed by atoms with E-state index in [2.05, 4.69) is 34.7 Å². The Bertz CT molecular complexity index is 1400. The second-order valence-corrected chi connectivity index (χ2v) is 9.83. The standard InChI is InChI=1S/C29H34N6O3/c1-21-9-3-4-10-22(21)15-17-34(27(36)20-35-25-13-6-5-12-24(25)31-32-35)28(26-14-7-16-33(26)2)29(37)30-19-23-11-8-18-38-23/h3-7,9-10,12-14,16,23,28H,8,11,15,17-20H2,1-2H3,(H,30,37)/t23-,28-/m1/s1. The SMILES string of the molecule is Cc1ccccc1CCN(C(=O)Cn1nnc2ccccc21)[C@@H](C(=O)NC[C@H]1CCCO1)c1cccn1C.